The van der Waals surface area contributed by atoms with Gasteiger partial charge in [0.25, 0.3) is 0 Å². The van der Waals surface area contributed by atoms with Gasteiger partial charge in [-0.1, -0.05) is 6.92 Å². The molecule has 5 heteroatoms. The zero-order valence-corrected chi connectivity index (χ0v) is 11.0. The number of esters is 1. The van der Waals surface area contributed by atoms with E-state index < -0.39 is 0 Å². The Morgan fingerprint density at radius 1 is 1.47 bits per heavy atom. The monoisotopic (exact) mass is 240 g/mol. The summed E-state index contributed by atoms with van der Waals surface area (Å²) in [5.74, 6) is 0.980. The van der Waals surface area contributed by atoms with Gasteiger partial charge >= 0.3 is 5.97 Å². The molecule has 17 heavy (non-hydrogen) atoms. The molecule has 0 bridgehead atoms. The lowest BCUT2D eigenvalue weighted by Crippen LogP contribution is -2.38. The van der Waals surface area contributed by atoms with Crippen LogP contribution >= 0.6 is 0 Å². The maximum Gasteiger partial charge on any atom is 0.309 e. The predicted molar refractivity (Wildman–Crippen MR) is 63.4 cm³/mol. The van der Waals surface area contributed by atoms with E-state index in [-0.39, 0.29) is 24.0 Å². The zero-order valence-electron chi connectivity index (χ0n) is 11.0. The second-order valence-electron chi connectivity index (χ2n) is 4.30. The molecule has 0 radical (unpaired) electrons. The summed E-state index contributed by atoms with van der Waals surface area (Å²) in [6.45, 7) is 7.57. The Morgan fingerprint density at radius 2 is 2.12 bits per heavy atom. The summed E-state index contributed by atoms with van der Waals surface area (Å²) in [5, 5.41) is 3.27. The summed E-state index contributed by atoms with van der Waals surface area (Å²) < 4.78 is 10.1. The van der Waals surface area contributed by atoms with E-state index in [1.165, 1.54) is 7.11 Å². The molecule has 0 aliphatic carbocycles. The van der Waals surface area contributed by atoms with Crippen molar-refractivity contribution in [2.24, 2.45) is 5.92 Å². The molecule has 0 aliphatic heterocycles. The molecule has 1 heterocycles. The van der Waals surface area contributed by atoms with Crippen molar-refractivity contribution in [3.8, 4) is 0 Å². The number of hydrogen-bond acceptors (Lipinski definition) is 5. The largest absolute Gasteiger partial charge is 0.469 e. The minimum Gasteiger partial charge on any atom is -0.469 e. The molecule has 3 atom stereocenters. The maximum atomic E-state index is 11.4. The number of aryl methyl sites for hydroxylation is 1. The Labute approximate surface area is 102 Å². The number of aromatic nitrogens is 1. The number of nitrogens with one attached hydrogen (secondary N) is 1. The molecule has 0 aliphatic rings. The normalized spacial score (nSPS) is 16.3. The van der Waals surface area contributed by atoms with Crippen molar-refractivity contribution in [1.82, 2.24) is 10.3 Å². The standard InChI is InChI=1S/C12H20N2O3/c1-7-6-13-11(17-7)10(4)14-9(3)8(2)12(15)16-5/h6,8-10,14H,1-5H3. The summed E-state index contributed by atoms with van der Waals surface area (Å²) in [7, 11) is 1.40. The molecule has 1 N–H and O–H groups in total. The quantitative estimate of drug-likeness (QED) is 0.795. The number of methoxy groups -OCH3 is 1. The summed E-state index contributed by atoms with van der Waals surface area (Å²) in [6.07, 6.45) is 1.68. The Morgan fingerprint density at radius 3 is 2.59 bits per heavy atom. The molecular formula is C12H20N2O3. The summed E-state index contributed by atoms with van der Waals surface area (Å²) in [6, 6.07) is -0.0459. The molecule has 1 aromatic heterocycles. The van der Waals surface area contributed by atoms with Crippen LogP contribution in [0.3, 0.4) is 0 Å². The van der Waals surface area contributed by atoms with Crippen molar-refractivity contribution >= 4 is 5.97 Å². The summed E-state index contributed by atoms with van der Waals surface area (Å²) >= 11 is 0. The van der Waals surface area contributed by atoms with Gasteiger partial charge in [0.05, 0.1) is 25.3 Å². The van der Waals surface area contributed by atoms with Crippen LogP contribution in [-0.4, -0.2) is 24.1 Å². The zero-order chi connectivity index (χ0) is 13.0. The Kier molecular flexibility index (Phi) is 4.69. The fourth-order valence-corrected chi connectivity index (χ4v) is 1.57. The SMILES string of the molecule is COC(=O)C(C)C(C)NC(C)c1ncc(C)o1. The van der Waals surface area contributed by atoms with Crippen LogP contribution in [0.2, 0.25) is 0 Å². The highest BCUT2D eigenvalue weighted by Crippen LogP contribution is 2.15. The van der Waals surface area contributed by atoms with Gasteiger partial charge in [0, 0.05) is 6.04 Å². The molecule has 3 unspecified atom stereocenters. The average molecular weight is 240 g/mol. The van der Waals surface area contributed by atoms with Crippen LogP contribution < -0.4 is 5.32 Å². The van der Waals surface area contributed by atoms with Gasteiger partial charge in [-0.05, 0) is 20.8 Å². The molecule has 0 spiro atoms. The number of hydrogen-bond donors (Lipinski definition) is 1. The number of carbonyl (C=O) groups is 1. The lowest BCUT2D eigenvalue weighted by atomic mass is 10.0. The Hall–Kier alpha value is -1.36. The molecule has 0 fully saturated rings. The summed E-state index contributed by atoms with van der Waals surface area (Å²) in [4.78, 5) is 15.5. The van der Waals surface area contributed by atoms with Crippen LogP contribution in [-0.2, 0) is 9.53 Å². The van der Waals surface area contributed by atoms with Gasteiger partial charge in [-0.25, -0.2) is 4.98 Å². The van der Waals surface area contributed by atoms with Crippen LogP contribution in [0.15, 0.2) is 10.6 Å². The number of carbonyl (C=O) groups excluding carboxylic acids is 1. The van der Waals surface area contributed by atoms with Gasteiger partial charge in [0.2, 0.25) is 5.89 Å². The molecule has 0 aromatic carbocycles. The first-order valence-corrected chi connectivity index (χ1v) is 5.72. The lowest BCUT2D eigenvalue weighted by Gasteiger charge is -2.22. The summed E-state index contributed by atoms with van der Waals surface area (Å²) in [5.41, 5.74) is 0. The Bertz CT molecular complexity index is 376. The highest BCUT2D eigenvalue weighted by molar-refractivity contribution is 5.72. The Balaban J connectivity index is 2.56. The molecule has 0 amide bonds. The lowest BCUT2D eigenvalue weighted by molar-refractivity contribution is -0.145. The molecule has 5 nitrogen and oxygen atoms in total. The number of ether oxygens (including phenoxy) is 1. The van der Waals surface area contributed by atoms with E-state index in [1.54, 1.807) is 6.20 Å². The van der Waals surface area contributed by atoms with Gasteiger partial charge in [0.1, 0.15) is 5.76 Å². The van der Waals surface area contributed by atoms with Gasteiger partial charge in [0.15, 0.2) is 0 Å². The average Bonchev–Trinajstić information content (AvgIpc) is 2.73. The van der Waals surface area contributed by atoms with Gasteiger partial charge in [-0.3, -0.25) is 4.79 Å². The second kappa shape index (κ2) is 5.82. The van der Waals surface area contributed by atoms with Crippen LogP contribution in [0, 0.1) is 12.8 Å². The highest BCUT2D eigenvalue weighted by Gasteiger charge is 2.23. The van der Waals surface area contributed by atoms with Crippen LogP contribution in [0.5, 0.6) is 0 Å². The minimum atomic E-state index is -0.221. The first kappa shape index (κ1) is 13.7. The van der Waals surface area contributed by atoms with E-state index in [0.29, 0.717) is 5.89 Å². The second-order valence-corrected chi connectivity index (χ2v) is 4.30. The van der Waals surface area contributed by atoms with Crippen LogP contribution in [0.25, 0.3) is 0 Å². The van der Waals surface area contributed by atoms with Crippen molar-refractivity contribution in [1.29, 1.82) is 0 Å². The molecule has 96 valence electrons. The van der Waals surface area contributed by atoms with Crippen LogP contribution in [0.4, 0.5) is 0 Å². The maximum absolute atomic E-state index is 11.4. The van der Waals surface area contributed by atoms with E-state index in [2.05, 4.69) is 10.3 Å². The third-order valence-electron chi connectivity index (χ3n) is 2.85. The first-order chi connectivity index (χ1) is 7.95. The fraction of sp³-hybridized carbons (Fsp3) is 0.667. The number of oxazole rings is 1. The topological polar surface area (TPSA) is 64.4 Å². The van der Waals surface area contributed by atoms with E-state index in [1.807, 2.05) is 27.7 Å². The van der Waals surface area contributed by atoms with Gasteiger partial charge in [-0.15, -0.1) is 0 Å². The molecule has 0 saturated heterocycles. The van der Waals surface area contributed by atoms with Crippen molar-refractivity contribution in [3.05, 3.63) is 17.8 Å². The van der Waals surface area contributed by atoms with Crippen molar-refractivity contribution in [2.75, 3.05) is 7.11 Å². The van der Waals surface area contributed by atoms with Gasteiger partial charge in [-0.2, -0.15) is 0 Å². The number of nitrogens with zero attached hydrogens (tertiary/aromatic N) is 1. The fourth-order valence-electron chi connectivity index (χ4n) is 1.57. The third-order valence-corrected chi connectivity index (χ3v) is 2.85. The van der Waals surface area contributed by atoms with Crippen molar-refractivity contribution in [3.63, 3.8) is 0 Å². The van der Waals surface area contributed by atoms with Crippen LogP contribution in [0.1, 0.15) is 38.5 Å². The molecule has 0 saturated carbocycles. The minimum absolute atomic E-state index is 0.00958. The first-order valence-electron chi connectivity index (χ1n) is 5.72. The highest BCUT2D eigenvalue weighted by atomic mass is 16.5. The molecule has 1 aromatic rings. The third kappa shape index (κ3) is 3.56. The van der Waals surface area contributed by atoms with Crippen molar-refractivity contribution < 1.29 is 13.9 Å². The molecular weight excluding hydrogens is 220 g/mol. The van der Waals surface area contributed by atoms with E-state index >= 15 is 0 Å². The van der Waals surface area contributed by atoms with E-state index in [0.717, 1.165) is 5.76 Å². The van der Waals surface area contributed by atoms with E-state index in [9.17, 15) is 4.79 Å². The van der Waals surface area contributed by atoms with E-state index in [4.69, 9.17) is 9.15 Å². The predicted octanol–water partition coefficient (Wildman–Crippen LogP) is 1.83. The van der Waals surface area contributed by atoms with Crippen molar-refractivity contribution in [2.45, 2.75) is 39.8 Å². The smallest absolute Gasteiger partial charge is 0.309 e. The molecule has 1 rings (SSSR count). The number of rotatable bonds is 5. The van der Waals surface area contributed by atoms with Gasteiger partial charge < -0.3 is 14.5 Å².